The number of halogens is 1. The highest BCUT2D eigenvalue weighted by molar-refractivity contribution is 5.97. The highest BCUT2D eigenvalue weighted by Gasteiger charge is 2.33. The minimum atomic E-state index is -0.531. The van der Waals surface area contributed by atoms with Crippen molar-refractivity contribution in [3.05, 3.63) is 34.4 Å². The number of benzene rings is 1. The molecular weight excluding hydrogens is 312 g/mol. The van der Waals surface area contributed by atoms with Crippen LogP contribution >= 0.6 is 12.4 Å². The van der Waals surface area contributed by atoms with Gasteiger partial charge in [-0.2, -0.15) is 0 Å². The molecule has 3 N–H and O–H groups in total. The van der Waals surface area contributed by atoms with Gasteiger partial charge in [0.1, 0.15) is 6.04 Å². The van der Waals surface area contributed by atoms with Crippen molar-refractivity contribution in [2.75, 3.05) is 18.4 Å². The van der Waals surface area contributed by atoms with E-state index < -0.39 is 11.0 Å². The van der Waals surface area contributed by atoms with Crippen LogP contribution in [0.25, 0.3) is 0 Å². The van der Waals surface area contributed by atoms with E-state index in [0.717, 1.165) is 6.42 Å². The van der Waals surface area contributed by atoms with Crippen LogP contribution in [0.3, 0.4) is 0 Å². The third-order valence-corrected chi connectivity index (χ3v) is 3.40. The van der Waals surface area contributed by atoms with Gasteiger partial charge in [0.25, 0.3) is 5.69 Å². The molecular formula is C13H17ClN4O4. The van der Waals surface area contributed by atoms with Gasteiger partial charge in [0, 0.05) is 24.4 Å². The molecule has 8 nitrogen and oxygen atoms in total. The smallest absolute Gasteiger partial charge is 0.269 e. The second kappa shape index (κ2) is 7.71. The first kappa shape index (κ1) is 17.9. The first-order valence-corrected chi connectivity index (χ1v) is 6.58. The van der Waals surface area contributed by atoms with E-state index in [2.05, 4.69) is 5.32 Å². The molecule has 9 heteroatoms. The van der Waals surface area contributed by atoms with E-state index in [-0.39, 0.29) is 36.5 Å². The highest BCUT2D eigenvalue weighted by Crippen LogP contribution is 2.20. The maximum atomic E-state index is 12.2. The molecule has 0 unspecified atom stereocenters. The third kappa shape index (κ3) is 3.92. The lowest BCUT2D eigenvalue weighted by atomic mass is 10.2. The Hall–Kier alpha value is -2.19. The average molecular weight is 329 g/mol. The number of carbonyl (C=O) groups is 2. The molecule has 2 amide bonds. The van der Waals surface area contributed by atoms with E-state index in [1.807, 2.05) is 0 Å². The molecule has 0 bridgehead atoms. The summed E-state index contributed by atoms with van der Waals surface area (Å²) in [4.78, 5) is 35.4. The van der Waals surface area contributed by atoms with Crippen molar-refractivity contribution in [2.24, 2.45) is 5.73 Å². The van der Waals surface area contributed by atoms with E-state index in [1.165, 1.54) is 29.2 Å². The molecule has 0 spiro atoms. The monoisotopic (exact) mass is 328 g/mol. The van der Waals surface area contributed by atoms with Crippen molar-refractivity contribution in [1.82, 2.24) is 4.90 Å². The van der Waals surface area contributed by atoms with Gasteiger partial charge < -0.3 is 16.0 Å². The van der Waals surface area contributed by atoms with Crippen molar-refractivity contribution in [1.29, 1.82) is 0 Å². The SMILES string of the molecule is Cl.NCC(=O)N1CCC[C@@H]1C(=O)Nc1ccc([N+](=O)[O-])cc1. The summed E-state index contributed by atoms with van der Waals surface area (Å²) in [6, 6.07) is 5.01. The summed E-state index contributed by atoms with van der Waals surface area (Å²) in [5, 5.41) is 13.2. The number of nitrogens with two attached hydrogens (primary N) is 1. The Morgan fingerprint density at radius 3 is 2.55 bits per heavy atom. The number of non-ortho nitro benzene ring substituents is 1. The molecule has 1 fully saturated rings. The molecule has 22 heavy (non-hydrogen) atoms. The average Bonchev–Trinajstić information content (AvgIpc) is 2.96. The molecule has 1 aromatic carbocycles. The Balaban J connectivity index is 0.00000242. The van der Waals surface area contributed by atoms with Gasteiger partial charge in [-0.05, 0) is 25.0 Å². The van der Waals surface area contributed by atoms with E-state index >= 15 is 0 Å². The summed E-state index contributed by atoms with van der Waals surface area (Å²) >= 11 is 0. The number of carbonyl (C=O) groups excluding carboxylic acids is 2. The van der Waals surface area contributed by atoms with Crippen molar-refractivity contribution in [3.8, 4) is 0 Å². The van der Waals surface area contributed by atoms with Crippen molar-refractivity contribution >= 4 is 35.6 Å². The van der Waals surface area contributed by atoms with Crippen LogP contribution in [0.5, 0.6) is 0 Å². The lowest BCUT2D eigenvalue weighted by Crippen LogP contribution is -2.45. The lowest BCUT2D eigenvalue weighted by Gasteiger charge is -2.23. The molecule has 1 aliphatic heterocycles. The quantitative estimate of drug-likeness (QED) is 0.629. The number of anilines is 1. The maximum absolute atomic E-state index is 12.2. The van der Waals surface area contributed by atoms with Crippen molar-refractivity contribution < 1.29 is 14.5 Å². The molecule has 0 aliphatic carbocycles. The molecule has 1 heterocycles. The molecule has 0 saturated carbocycles. The van der Waals surface area contributed by atoms with Crippen LogP contribution in [0.15, 0.2) is 24.3 Å². The van der Waals surface area contributed by atoms with Crippen LogP contribution in [0.2, 0.25) is 0 Å². The van der Waals surface area contributed by atoms with E-state index in [9.17, 15) is 19.7 Å². The predicted octanol–water partition coefficient (Wildman–Crippen LogP) is 0.905. The fourth-order valence-electron chi connectivity index (χ4n) is 2.35. The number of rotatable bonds is 4. The Morgan fingerprint density at radius 2 is 2.00 bits per heavy atom. The number of nitro benzene ring substituents is 1. The van der Waals surface area contributed by atoms with E-state index in [0.29, 0.717) is 18.7 Å². The molecule has 1 aromatic rings. The van der Waals surface area contributed by atoms with Gasteiger partial charge in [-0.3, -0.25) is 19.7 Å². The second-order valence-corrected chi connectivity index (χ2v) is 4.74. The molecule has 0 aromatic heterocycles. The number of hydrogen-bond acceptors (Lipinski definition) is 5. The molecule has 1 aliphatic rings. The van der Waals surface area contributed by atoms with Crippen molar-refractivity contribution in [3.63, 3.8) is 0 Å². The van der Waals surface area contributed by atoms with Crippen LogP contribution in [0.1, 0.15) is 12.8 Å². The minimum Gasteiger partial charge on any atom is -0.330 e. The van der Waals surface area contributed by atoms with Gasteiger partial charge in [-0.25, -0.2) is 0 Å². The summed E-state index contributed by atoms with van der Waals surface area (Å²) in [5.74, 6) is -0.556. The largest absolute Gasteiger partial charge is 0.330 e. The van der Waals surface area contributed by atoms with E-state index in [1.54, 1.807) is 0 Å². The van der Waals surface area contributed by atoms with Gasteiger partial charge in [-0.15, -0.1) is 12.4 Å². The standard InChI is InChI=1S/C13H16N4O4.ClH/c14-8-12(18)16-7-1-2-11(16)13(19)15-9-3-5-10(6-4-9)17(20)21;/h3-6,11H,1-2,7-8,14H2,(H,15,19);1H/t11-;/m1./s1. The predicted molar refractivity (Wildman–Crippen MR) is 82.8 cm³/mol. The van der Waals surface area contributed by atoms with Crippen LogP contribution in [-0.2, 0) is 9.59 Å². The van der Waals surface area contributed by atoms with Crippen LogP contribution in [-0.4, -0.2) is 40.8 Å². The normalized spacial score (nSPS) is 16.8. The maximum Gasteiger partial charge on any atom is 0.269 e. The Morgan fingerprint density at radius 1 is 1.36 bits per heavy atom. The lowest BCUT2D eigenvalue weighted by molar-refractivity contribution is -0.384. The number of nitrogens with one attached hydrogen (secondary N) is 1. The molecule has 0 radical (unpaired) electrons. The van der Waals surface area contributed by atoms with Gasteiger partial charge in [-0.1, -0.05) is 0 Å². The number of amides is 2. The summed E-state index contributed by atoms with van der Waals surface area (Å²) in [7, 11) is 0. The van der Waals surface area contributed by atoms with Crippen LogP contribution in [0, 0.1) is 10.1 Å². The van der Waals surface area contributed by atoms with Crippen LogP contribution < -0.4 is 11.1 Å². The summed E-state index contributed by atoms with van der Waals surface area (Å²) in [5.41, 5.74) is 5.73. The van der Waals surface area contributed by atoms with E-state index in [4.69, 9.17) is 5.73 Å². The second-order valence-electron chi connectivity index (χ2n) is 4.74. The summed E-state index contributed by atoms with van der Waals surface area (Å²) in [6.45, 7) is 0.399. The Kier molecular flexibility index (Phi) is 6.26. The van der Waals surface area contributed by atoms with Gasteiger partial charge in [0.15, 0.2) is 0 Å². The zero-order valence-electron chi connectivity index (χ0n) is 11.7. The van der Waals surface area contributed by atoms with Gasteiger partial charge in [0.2, 0.25) is 11.8 Å². The van der Waals surface area contributed by atoms with Crippen LogP contribution in [0.4, 0.5) is 11.4 Å². The molecule has 1 atom stereocenters. The molecule has 2 rings (SSSR count). The number of nitrogens with zero attached hydrogens (tertiary/aromatic N) is 2. The molecule has 1 saturated heterocycles. The summed E-state index contributed by atoms with van der Waals surface area (Å²) < 4.78 is 0. The fourth-order valence-corrected chi connectivity index (χ4v) is 2.35. The highest BCUT2D eigenvalue weighted by atomic mass is 35.5. The summed E-state index contributed by atoms with van der Waals surface area (Å²) in [6.07, 6.45) is 1.34. The first-order valence-electron chi connectivity index (χ1n) is 6.58. The number of hydrogen-bond donors (Lipinski definition) is 2. The zero-order chi connectivity index (χ0) is 15.4. The van der Waals surface area contributed by atoms with Gasteiger partial charge >= 0.3 is 0 Å². The first-order chi connectivity index (χ1) is 10.0. The minimum absolute atomic E-state index is 0. The van der Waals surface area contributed by atoms with Gasteiger partial charge in [0.05, 0.1) is 11.5 Å². The topological polar surface area (TPSA) is 119 Å². The van der Waals surface area contributed by atoms with Crippen molar-refractivity contribution in [2.45, 2.75) is 18.9 Å². The Labute approximate surface area is 133 Å². The number of likely N-dealkylation sites (tertiary alicyclic amines) is 1. The zero-order valence-corrected chi connectivity index (χ0v) is 12.5. The molecule has 120 valence electrons. The Bertz CT molecular complexity index is 564. The fraction of sp³-hybridized carbons (Fsp3) is 0.385. The number of nitro groups is 1. The third-order valence-electron chi connectivity index (χ3n) is 3.40.